The summed E-state index contributed by atoms with van der Waals surface area (Å²) >= 11 is 3.30. The summed E-state index contributed by atoms with van der Waals surface area (Å²) in [7, 11) is 0. The van der Waals surface area contributed by atoms with Crippen molar-refractivity contribution in [1.82, 2.24) is 0 Å². The van der Waals surface area contributed by atoms with Gasteiger partial charge in [-0.25, -0.2) is 4.99 Å². The van der Waals surface area contributed by atoms with Gasteiger partial charge in [0.05, 0.1) is 5.69 Å². The highest BCUT2D eigenvalue weighted by Gasteiger charge is 1.92. The Hall–Kier alpha value is -1.56. The molecule has 5 nitrogen and oxygen atoms in total. The monoisotopic (exact) mass is 255 g/mol. The van der Waals surface area contributed by atoms with E-state index in [9.17, 15) is 0 Å². The lowest BCUT2D eigenvalue weighted by molar-refractivity contribution is 1.38. The van der Waals surface area contributed by atoms with Crippen molar-refractivity contribution in [1.29, 1.82) is 0 Å². The maximum atomic E-state index is 5.44. The fraction of sp³-hybridized carbons (Fsp3) is 0. The van der Waals surface area contributed by atoms with E-state index < -0.39 is 0 Å². The van der Waals surface area contributed by atoms with E-state index in [0.29, 0.717) is 5.69 Å². The second-order valence-corrected chi connectivity index (χ2v) is 3.40. The lowest BCUT2D eigenvalue weighted by Crippen LogP contribution is -2.26. The molecular formula is C8H10BrN5. The van der Waals surface area contributed by atoms with E-state index >= 15 is 0 Å². The molecule has 1 rings (SSSR count). The number of halogens is 1. The summed E-state index contributed by atoms with van der Waals surface area (Å²) in [6, 6.07) is 7.28. The Labute approximate surface area is 89.8 Å². The van der Waals surface area contributed by atoms with Crippen LogP contribution in [0.5, 0.6) is 0 Å². The first-order chi connectivity index (χ1) is 6.58. The zero-order valence-electron chi connectivity index (χ0n) is 7.31. The minimum Gasteiger partial charge on any atom is -0.370 e. The zero-order valence-corrected chi connectivity index (χ0v) is 8.90. The lowest BCUT2D eigenvalue weighted by Gasteiger charge is -1.95. The fourth-order valence-corrected chi connectivity index (χ4v) is 1.07. The molecule has 0 fully saturated rings. The molecule has 1 aromatic carbocycles. The molecule has 0 heterocycles. The van der Waals surface area contributed by atoms with Gasteiger partial charge < -0.3 is 17.2 Å². The summed E-state index contributed by atoms with van der Waals surface area (Å²) in [6.07, 6.45) is 0. The van der Waals surface area contributed by atoms with E-state index in [1.807, 2.05) is 12.1 Å². The molecule has 0 aliphatic rings. The molecule has 0 saturated heterocycles. The second-order valence-electron chi connectivity index (χ2n) is 2.48. The van der Waals surface area contributed by atoms with E-state index in [1.165, 1.54) is 0 Å². The normalized spacial score (nSPS) is 11.1. The van der Waals surface area contributed by atoms with E-state index in [2.05, 4.69) is 25.9 Å². The summed E-state index contributed by atoms with van der Waals surface area (Å²) in [6.45, 7) is 0. The average molecular weight is 256 g/mol. The fourth-order valence-electron chi connectivity index (χ4n) is 0.805. The number of hydrogen-bond acceptors (Lipinski definition) is 1. The number of nitrogens with two attached hydrogens (primary N) is 3. The smallest absolute Gasteiger partial charge is 0.223 e. The minimum absolute atomic E-state index is 0.0346. The van der Waals surface area contributed by atoms with Crippen LogP contribution < -0.4 is 17.2 Å². The molecule has 0 spiro atoms. The molecule has 0 radical (unpaired) electrons. The highest BCUT2D eigenvalue weighted by Crippen LogP contribution is 2.16. The molecule has 0 bridgehead atoms. The molecule has 0 amide bonds. The molecule has 6 heteroatoms. The van der Waals surface area contributed by atoms with Crippen LogP contribution in [0.25, 0.3) is 0 Å². The Morgan fingerprint density at radius 2 is 1.64 bits per heavy atom. The maximum Gasteiger partial charge on any atom is 0.223 e. The zero-order chi connectivity index (χ0) is 10.6. The van der Waals surface area contributed by atoms with Crippen molar-refractivity contribution < 1.29 is 0 Å². The van der Waals surface area contributed by atoms with Gasteiger partial charge >= 0.3 is 0 Å². The molecule has 0 aliphatic heterocycles. The molecular weight excluding hydrogens is 246 g/mol. The van der Waals surface area contributed by atoms with Crippen molar-refractivity contribution in [2.45, 2.75) is 0 Å². The topological polar surface area (TPSA) is 103 Å². The summed E-state index contributed by atoms with van der Waals surface area (Å²) in [5.74, 6) is -0.0734. The first-order valence-electron chi connectivity index (χ1n) is 3.77. The first-order valence-corrected chi connectivity index (χ1v) is 4.56. The van der Waals surface area contributed by atoms with E-state index in [-0.39, 0.29) is 11.9 Å². The number of benzene rings is 1. The summed E-state index contributed by atoms with van der Waals surface area (Å²) < 4.78 is 0.969. The highest BCUT2D eigenvalue weighted by molar-refractivity contribution is 9.10. The van der Waals surface area contributed by atoms with Gasteiger partial charge in [0.2, 0.25) is 5.96 Å². The molecule has 6 N–H and O–H groups in total. The number of hydrogen-bond donors (Lipinski definition) is 3. The van der Waals surface area contributed by atoms with Crippen molar-refractivity contribution >= 4 is 33.5 Å². The largest absolute Gasteiger partial charge is 0.370 e. The summed E-state index contributed by atoms with van der Waals surface area (Å²) in [5.41, 5.74) is 16.4. The number of nitrogens with zero attached hydrogens (tertiary/aromatic N) is 2. The summed E-state index contributed by atoms with van der Waals surface area (Å²) in [4.78, 5) is 7.55. The van der Waals surface area contributed by atoms with Crippen LogP contribution in [0.4, 0.5) is 5.69 Å². The SMILES string of the molecule is NC(N)=NC(N)=Nc1ccc(Br)cc1. The third kappa shape index (κ3) is 3.44. The predicted molar refractivity (Wildman–Crippen MR) is 61.2 cm³/mol. The van der Waals surface area contributed by atoms with Crippen LogP contribution in [0.1, 0.15) is 0 Å². The van der Waals surface area contributed by atoms with E-state index in [0.717, 1.165) is 4.47 Å². The Morgan fingerprint density at radius 3 is 2.14 bits per heavy atom. The van der Waals surface area contributed by atoms with Gasteiger partial charge in [-0.1, -0.05) is 15.9 Å². The average Bonchev–Trinajstić information content (AvgIpc) is 2.07. The molecule has 0 aliphatic carbocycles. The quantitative estimate of drug-likeness (QED) is 0.508. The lowest BCUT2D eigenvalue weighted by atomic mass is 10.3. The van der Waals surface area contributed by atoms with Gasteiger partial charge in [0, 0.05) is 4.47 Å². The third-order valence-corrected chi connectivity index (χ3v) is 1.84. The van der Waals surface area contributed by atoms with Crippen molar-refractivity contribution in [2.24, 2.45) is 27.2 Å². The molecule has 0 saturated carbocycles. The Bertz CT molecular complexity index is 364. The van der Waals surface area contributed by atoms with E-state index in [4.69, 9.17) is 17.2 Å². The molecule has 0 unspecified atom stereocenters. The van der Waals surface area contributed by atoms with Crippen LogP contribution in [0.2, 0.25) is 0 Å². The van der Waals surface area contributed by atoms with Crippen LogP contribution in [0.15, 0.2) is 38.7 Å². The highest BCUT2D eigenvalue weighted by atomic mass is 79.9. The third-order valence-electron chi connectivity index (χ3n) is 1.31. The van der Waals surface area contributed by atoms with Gasteiger partial charge in [-0.2, -0.15) is 4.99 Å². The second kappa shape index (κ2) is 4.61. The minimum atomic E-state index is -0.108. The van der Waals surface area contributed by atoms with Gasteiger partial charge in [-0.3, -0.25) is 0 Å². The van der Waals surface area contributed by atoms with E-state index in [1.54, 1.807) is 12.1 Å². The van der Waals surface area contributed by atoms with Crippen LogP contribution in [0.3, 0.4) is 0 Å². The Morgan fingerprint density at radius 1 is 1.07 bits per heavy atom. The number of rotatable bonds is 1. The molecule has 74 valence electrons. The standard InChI is InChI=1S/C8H10BrN5/c9-5-1-3-6(4-2-5)13-8(12)14-7(10)11/h1-4H,(H6,10,11,12,13,14). The van der Waals surface area contributed by atoms with Crippen molar-refractivity contribution in [3.8, 4) is 0 Å². The van der Waals surface area contributed by atoms with Gasteiger partial charge in [-0.15, -0.1) is 0 Å². The van der Waals surface area contributed by atoms with Crippen molar-refractivity contribution in [2.75, 3.05) is 0 Å². The molecule has 14 heavy (non-hydrogen) atoms. The van der Waals surface area contributed by atoms with Gasteiger partial charge in [0.25, 0.3) is 0 Å². The predicted octanol–water partition coefficient (Wildman–Crippen LogP) is 0.669. The maximum absolute atomic E-state index is 5.44. The van der Waals surface area contributed by atoms with Crippen LogP contribution in [-0.2, 0) is 0 Å². The number of aliphatic imine (C=N–C) groups is 2. The first kappa shape index (κ1) is 10.5. The summed E-state index contributed by atoms with van der Waals surface area (Å²) in [5, 5.41) is 0. The van der Waals surface area contributed by atoms with Gasteiger partial charge in [0.15, 0.2) is 5.96 Å². The van der Waals surface area contributed by atoms with Gasteiger partial charge in [-0.05, 0) is 24.3 Å². The van der Waals surface area contributed by atoms with Crippen molar-refractivity contribution in [3.05, 3.63) is 28.7 Å². The molecule has 0 aromatic heterocycles. The Balaban J connectivity index is 2.87. The van der Waals surface area contributed by atoms with Crippen LogP contribution >= 0.6 is 15.9 Å². The number of guanidine groups is 2. The molecule has 1 aromatic rings. The van der Waals surface area contributed by atoms with Crippen molar-refractivity contribution in [3.63, 3.8) is 0 Å². The van der Waals surface area contributed by atoms with Crippen LogP contribution in [-0.4, -0.2) is 11.9 Å². The van der Waals surface area contributed by atoms with Gasteiger partial charge in [0.1, 0.15) is 0 Å². The van der Waals surface area contributed by atoms with Crippen LogP contribution in [0, 0.1) is 0 Å². The Kier molecular flexibility index (Phi) is 3.47. The molecule has 0 atom stereocenters.